The Morgan fingerprint density at radius 1 is 0.880 bits per heavy atom. The molecule has 2 rings (SSSR count). The molecule has 0 radical (unpaired) electrons. The lowest BCUT2D eigenvalue weighted by Crippen LogP contribution is -2.19. The average molecular weight is 426 g/mol. The van der Waals surface area contributed by atoms with Crippen LogP contribution >= 0.6 is 23.5 Å². The second kappa shape index (κ2) is 9.00. The predicted octanol–water partition coefficient (Wildman–Crippen LogP) is 6.60. The van der Waals surface area contributed by atoms with E-state index < -0.39 is 13.4 Å². The van der Waals surface area contributed by atoms with E-state index in [9.17, 15) is 4.57 Å². The van der Waals surface area contributed by atoms with Crippen molar-refractivity contribution >= 4 is 29.2 Å². The van der Waals surface area contributed by atoms with E-state index in [1.165, 1.54) is 0 Å². The molecule has 6 heteroatoms. The number of hydrogen-bond acceptors (Lipinski definition) is 4. The van der Waals surface area contributed by atoms with Crippen LogP contribution in [0.1, 0.15) is 39.0 Å². The summed E-state index contributed by atoms with van der Waals surface area (Å²) in [6.45, 7) is 7.43. The molecule has 0 unspecified atom stereocenters. The van der Waals surface area contributed by atoms with Crippen molar-refractivity contribution in [1.82, 2.24) is 0 Å². The molecular weight excluding hydrogens is 401 g/mol. The Hall–Kier alpha value is -1.13. The lowest BCUT2D eigenvalue weighted by atomic mass is 10.2. The molecule has 2 aromatic rings. The van der Waals surface area contributed by atoms with Crippen LogP contribution in [0.4, 0.5) is 5.69 Å². The van der Waals surface area contributed by atoms with Crippen LogP contribution in [-0.2, 0) is 13.6 Å². The first kappa shape index (κ1) is 20.2. The van der Waals surface area contributed by atoms with Gasteiger partial charge in [0.1, 0.15) is 0 Å². The van der Waals surface area contributed by atoms with Crippen LogP contribution in [0.3, 0.4) is 0 Å². The largest absolute Gasteiger partial charge is 0.368 e. The topological polar surface area (TPSA) is 47.6 Å². The molecule has 0 heterocycles. The smallest absolute Gasteiger partial charge is 0.357 e. The fraction of sp³-hybridized carbons (Fsp3) is 0.368. The van der Waals surface area contributed by atoms with E-state index in [0.717, 1.165) is 15.7 Å². The second-order valence-corrected chi connectivity index (χ2v) is 9.25. The number of hydrogen-bond donors (Lipinski definition) is 1. The number of anilines is 1. The van der Waals surface area contributed by atoms with Crippen molar-refractivity contribution in [3.05, 3.63) is 64.6 Å². The lowest BCUT2D eigenvalue weighted by molar-refractivity contribution is 0.138. The van der Waals surface area contributed by atoms with Crippen LogP contribution in [0.25, 0.3) is 0 Å². The minimum absolute atomic E-state index is 0.222. The summed E-state index contributed by atoms with van der Waals surface area (Å²) in [6.07, 6.45) is -0.444. The first-order valence-electron chi connectivity index (χ1n) is 8.34. The number of nitrogens with one attached hydrogen (secondary N) is 1. The van der Waals surface area contributed by atoms with E-state index in [-0.39, 0.29) is 12.2 Å². The maximum absolute atomic E-state index is 13.7. The van der Waals surface area contributed by atoms with Crippen molar-refractivity contribution in [1.29, 1.82) is 0 Å². The summed E-state index contributed by atoms with van der Waals surface area (Å²) in [5, 5.41) is 3.34. The molecule has 0 aliphatic carbocycles. The van der Waals surface area contributed by atoms with Crippen LogP contribution < -0.4 is 5.32 Å². The highest BCUT2D eigenvalue weighted by atomic mass is 79.9. The molecule has 0 aliphatic rings. The van der Waals surface area contributed by atoms with E-state index in [2.05, 4.69) is 21.2 Å². The third kappa shape index (κ3) is 5.96. The zero-order chi connectivity index (χ0) is 18.4. The van der Waals surface area contributed by atoms with Crippen LogP contribution in [0.2, 0.25) is 0 Å². The molecule has 0 saturated carbocycles. The molecule has 0 fully saturated rings. The van der Waals surface area contributed by atoms with Crippen LogP contribution in [0.5, 0.6) is 0 Å². The molecule has 1 N–H and O–H groups in total. The van der Waals surface area contributed by atoms with Gasteiger partial charge in [0, 0.05) is 10.2 Å². The van der Waals surface area contributed by atoms with Gasteiger partial charge in [0.05, 0.1) is 12.2 Å². The molecular formula is C19H25BrNO3P. The molecule has 0 spiro atoms. The van der Waals surface area contributed by atoms with Gasteiger partial charge in [-0.2, -0.15) is 0 Å². The van der Waals surface area contributed by atoms with E-state index >= 15 is 0 Å². The molecule has 0 saturated heterocycles. The SMILES string of the molecule is CC(C)OP(=O)(OC(C)C)[C@@H](Nc1ccccc1)c1ccc(Br)cc1. The Morgan fingerprint density at radius 3 is 1.88 bits per heavy atom. The Labute approximate surface area is 158 Å². The van der Waals surface area contributed by atoms with Gasteiger partial charge in [-0.25, -0.2) is 0 Å². The summed E-state index contributed by atoms with van der Waals surface area (Å²) in [7, 11) is -3.47. The molecule has 25 heavy (non-hydrogen) atoms. The quantitative estimate of drug-likeness (QED) is 0.483. The van der Waals surface area contributed by atoms with Crippen molar-refractivity contribution in [3.8, 4) is 0 Å². The predicted molar refractivity (Wildman–Crippen MR) is 107 cm³/mol. The zero-order valence-electron chi connectivity index (χ0n) is 15.0. The van der Waals surface area contributed by atoms with Crippen LogP contribution in [0, 0.1) is 0 Å². The molecule has 136 valence electrons. The van der Waals surface area contributed by atoms with E-state index in [1.54, 1.807) is 0 Å². The molecule has 1 atom stereocenters. The average Bonchev–Trinajstić information content (AvgIpc) is 2.53. The minimum Gasteiger partial charge on any atom is -0.368 e. The normalized spacial score (nSPS) is 13.2. The third-order valence-corrected chi connectivity index (χ3v) is 6.31. The van der Waals surface area contributed by atoms with Gasteiger partial charge in [-0.15, -0.1) is 0 Å². The number of para-hydroxylation sites is 1. The molecule has 4 nitrogen and oxygen atoms in total. The summed E-state index contributed by atoms with van der Waals surface area (Å²) >= 11 is 3.44. The first-order chi connectivity index (χ1) is 11.8. The van der Waals surface area contributed by atoms with Gasteiger partial charge < -0.3 is 14.4 Å². The van der Waals surface area contributed by atoms with E-state index in [4.69, 9.17) is 9.05 Å². The van der Waals surface area contributed by atoms with Gasteiger partial charge in [-0.1, -0.05) is 46.3 Å². The Morgan fingerprint density at radius 2 is 1.40 bits per heavy atom. The van der Waals surface area contributed by atoms with Gasteiger partial charge in [0.2, 0.25) is 0 Å². The van der Waals surface area contributed by atoms with Gasteiger partial charge in [0.25, 0.3) is 0 Å². The fourth-order valence-electron chi connectivity index (χ4n) is 2.42. The summed E-state index contributed by atoms with van der Waals surface area (Å²) in [6, 6.07) is 17.3. The maximum Gasteiger partial charge on any atom is 0.357 e. The van der Waals surface area contributed by atoms with Crippen molar-refractivity contribution in [3.63, 3.8) is 0 Å². The van der Waals surface area contributed by atoms with Gasteiger partial charge in [-0.05, 0) is 57.5 Å². The molecule has 2 aromatic carbocycles. The first-order valence-corrected chi connectivity index (χ1v) is 10.7. The Bertz CT molecular complexity index is 690. The van der Waals surface area contributed by atoms with Crippen LogP contribution in [0.15, 0.2) is 59.1 Å². The highest BCUT2D eigenvalue weighted by Crippen LogP contribution is 2.62. The number of halogens is 1. The van der Waals surface area contributed by atoms with Crippen molar-refractivity contribution in [2.75, 3.05) is 5.32 Å². The van der Waals surface area contributed by atoms with E-state index in [0.29, 0.717) is 0 Å². The monoisotopic (exact) mass is 425 g/mol. The fourth-order valence-corrected chi connectivity index (χ4v) is 4.99. The standard InChI is InChI=1S/C19H25BrNO3P/c1-14(2)23-25(22,24-15(3)4)19(16-10-12-17(20)13-11-16)21-18-8-6-5-7-9-18/h5-15,19,21H,1-4H3/t19-/m1/s1. The van der Waals surface area contributed by atoms with E-state index in [1.807, 2.05) is 82.3 Å². The summed E-state index contributed by atoms with van der Waals surface area (Å²) in [4.78, 5) is 0. The minimum atomic E-state index is -3.47. The highest BCUT2D eigenvalue weighted by molar-refractivity contribution is 9.10. The Balaban J connectivity index is 2.46. The summed E-state index contributed by atoms with van der Waals surface area (Å²) < 4.78 is 26.3. The number of rotatable bonds is 8. The molecule has 0 aromatic heterocycles. The van der Waals surface area contributed by atoms with Crippen molar-refractivity contribution in [2.24, 2.45) is 0 Å². The Kier molecular flexibility index (Phi) is 7.26. The maximum atomic E-state index is 13.7. The van der Waals surface area contributed by atoms with Gasteiger partial charge >= 0.3 is 7.60 Å². The number of benzene rings is 2. The lowest BCUT2D eigenvalue weighted by Gasteiger charge is -2.31. The molecule has 0 amide bonds. The highest BCUT2D eigenvalue weighted by Gasteiger charge is 2.39. The van der Waals surface area contributed by atoms with Gasteiger partial charge in [-0.3, -0.25) is 4.57 Å². The summed E-state index contributed by atoms with van der Waals surface area (Å²) in [5.74, 6) is -0.604. The summed E-state index contributed by atoms with van der Waals surface area (Å²) in [5.41, 5.74) is 1.70. The van der Waals surface area contributed by atoms with Crippen molar-refractivity contribution < 1.29 is 13.6 Å². The van der Waals surface area contributed by atoms with Crippen LogP contribution in [-0.4, -0.2) is 12.2 Å². The molecule has 0 bridgehead atoms. The zero-order valence-corrected chi connectivity index (χ0v) is 17.5. The second-order valence-electron chi connectivity index (χ2n) is 6.31. The third-order valence-electron chi connectivity index (χ3n) is 3.29. The van der Waals surface area contributed by atoms with Gasteiger partial charge in [0.15, 0.2) is 5.78 Å². The molecule has 0 aliphatic heterocycles. The van der Waals surface area contributed by atoms with Crippen molar-refractivity contribution in [2.45, 2.75) is 45.7 Å².